The zero-order chi connectivity index (χ0) is 14.5. The molecule has 19 heavy (non-hydrogen) atoms. The van der Waals surface area contributed by atoms with Crippen molar-refractivity contribution < 1.29 is 23.7 Å². The molecule has 1 saturated heterocycles. The summed E-state index contributed by atoms with van der Waals surface area (Å²) in [6.45, 7) is 6.98. The lowest BCUT2D eigenvalue weighted by atomic mass is 9.82. The van der Waals surface area contributed by atoms with Crippen LogP contribution >= 0.6 is 23.2 Å². The lowest BCUT2D eigenvalue weighted by molar-refractivity contribution is -0.137. The lowest BCUT2D eigenvalue weighted by Crippen LogP contribution is -2.53. The van der Waals surface area contributed by atoms with Gasteiger partial charge in [-0.2, -0.15) is 0 Å². The predicted molar refractivity (Wildman–Crippen MR) is 71.7 cm³/mol. The van der Waals surface area contributed by atoms with Crippen LogP contribution in [0.15, 0.2) is 0 Å². The van der Waals surface area contributed by atoms with Crippen molar-refractivity contribution in [3.63, 3.8) is 0 Å². The maximum atomic E-state index is 11.1. The maximum absolute atomic E-state index is 11.1. The van der Waals surface area contributed by atoms with Crippen molar-refractivity contribution in [2.24, 2.45) is 5.41 Å². The van der Waals surface area contributed by atoms with E-state index in [-0.39, 0.29) is 29.6 Å². The molecule has 1 fully saturated rings. The summed E-state index contributed by atoms with van der Waals surface area (Å²) in [6, 6.07) is -0.246. The fourth-order valence-corrected chi connectivity index (χ4v) is 2.16. The van der Waals surface area contributed by atoms with E-state index in [1.54, 1.807) is 0 Å². The van der Waals surface area contributed by atoms with Crippen molar-refractivity contribution >= 4 is 29.4 Å². The Morgan fingerprint density at radius 2 is 2.00 bits per heavy atom. The molecule has 0 aromatic carbocycles. The third-order valence-electron chi connectivity index (χ3n) is 2.84. The van der Waals surface area contributed by atoms with Crippen LogP contribution in [0.3, 0.4) is 0 Å². The average molecular weight is 315 g/mol. The van der Waals surface area contributed by atoms with Crippen molar-refractivity contribution in [2.45, 2.75) is 38.4 Å². The first-order valence-electron chi connectivity index (χ1n) is 6.12. The summed E-state index contributed by atoms with van der Waals surface area (Å²) in [5.74, 6) is 0. The molecule has 0 N–H and O–H groups in total. The third kappa shape index (κ3) is 4.99. The second kappa shape index (κ2) is 7.53. The Kier molecular flexibility index (Phi) is 6.66. The van der Waals surface area contributed by atoms with E-state index < -0.39 is 12.3 Å². The number of hydrogen-bond acceptors (Lipinski definition) is 5. The molecule has 0 bridgehead atoms. The second-order valence-corrected chi connectivity index (χ2v) is 5.77. The molecule has 0 radical (unpaired) electrons. The number of alkyl halides is 2. The third-order valence-corrected chi connectivity index (χ3v) is 3.76. The van der Waals surface area contributed by atoms with Crippen LogP contribution in [0.4, 0.5) is 4.79 Å². The van der Waals surface area contributed by atoms with Crippen LogP contribution in [-0.4, -0.2) is 49.6 Å². The van der Waals surface area contributed by atoms with E-state index >= 15 is 0 Å². The topological polar surface area (TPSA) is 54.0 Å². The van der Waals surface area contributed by atoms with Gasteiger partial charge in [-0.05, 0) is 13.8 Å². The van der Waals surface area contributed by atoms with Crippen LogP contribution in [0.5, 0.6) is 0 Å². The molecule has 1 heterocycles. The zero-order valence-electron chi connectivity index (χ0n) is 11.4. The zero-order valence-corrected chi connectivity index (χ0v) is 12.9. The highest BCUT2D eigenvalue weighted by molar-refractivity contribution is 6.21. The van der Waals surface area contributed by atoms with Gasteiger partial charge in [0.1, 0.15) is 12.7 Å². The number of halogens is 2. The van der Waals surface area contributed by atoms with Crippen LogP contribution in [0.1, 0.15) is 20.8 Å². The summed E-state index contributed by atoms with van der Waals surface area (Å²) in [7, 11) is 0. The Bertz CT molecular complexity index is 294. The summed E-state index contributed by atoms with van der Waals surface area (Å²) in [5.41, 5.74) is -0.166. The van der Waals surface area contributed by atoms with Crippen LogP contribution in [-0.2, 0) is 18.9 Å². The monoisotopic (exact) mass is 314 g/mol. The molecule has 2 atom stereocenters. The standard InChI is InChI=1S/C12H20Cl2O5/c1-8(2)19-9(4-17-11(15)18-7-13)10(14)12(3)5-16-6-12/h8-10H,4-7H2,1-3H3. The molecule has 0 amide bonds. The van der Waals surface area contributed by atoms with Crippen molar-refractivity contribution in [1.29, 1.82) is 0 Å². The van der Waals surface area contributed by atoms with E-state index in [0.29, 0.717) is 13.2 Å². The molecule has 112 valence electrons. The quantitative estimate of drug-likeness (QED) is 0.534. The smallest absolute Gasteiger partial charge is 0.431 e. The van der Waals surface area contributed by atoms with Crippen molar-refractivity contribution in [2.75, 3.05) is 25.9 Å². The Morgan fingerprint density at radius 3 is 2.42 bits per heavy atom. The van der Waals surface area contributed by atoms with E-state index in [0.717, 1.165) is 0 Å². The normalized spacial score (nSPS) is 20.5. The summed E-state index contributed by atoms with van der Waals surface area (Å²) in [5, 5.41) is -0.313. The molecule has 1 aliphatic rings. The van der Waals surface area contributed by atoms with E-state index in [9.17, 15) is 4.79 Å². The molecule has 1 aliphatic heterocycles. The second-order valence-electron chi connectivity index (χ2n) is 5.09. The van der Waals surface area contributed by atoms with Gasteiger partial charge in [0.05, 0.1) is 24.7 Å². The Labute approximate surface area is 123 Å². The van der Waals surface area contributed by atoms with Crippen molar-refractivity contribution in [3.8, 4) is 0 Å². The molecule has 2 unspecified atom stereocenters. The fraction of sp³-hybridized carbons (Fsp3) is 0.917. The molecule has 0 aliphatic carbocycles. The van der Waals surface area contributed by atoms with E-state index in [1.807, 2.05) is 20.8 Å². The average Bonchev–Trinajstić information content (AvgIpc) is 2.30. The summed E-state index contributed by atoms with van der Waals surface area (Å²) < 4.78 is 20.3. The van der Waals surface area contributed by atoms with Gasteiger partial charge in [0.25, 0.3) is 0 Å². The molecule has 0 aromatic heterocycles. The van der Waals surface area contributed by atoms with Gasteiger partial charge in [-0.25, -0.2) is 4.79 Å². The summed E-state index contributed by atoms with van der Waals surface area (Å²) in [4.78, 5) is 11.1. The van der Waals surface area contributed by atoms with Gasteiger partial charge in [-0.1, -0.05) is 18.5 Å². The highest BCUT2D eigenvalue weighted by Gasteiger charge is 2.45. The minimum absolute atomic E-state index is 0.0245. The molecular weight excluding hydrogens is 295 g/mol. The Hall–Kier alpha value is -0.230. The van der Waals surface area contributed by atoms with Gasteiger partial charge >= 0.3 is 6.16 Å². The van der Waals surface area contributed by atoms with E-state index in [2.05, 4.69) is 4.74 Å². The number of rotatable bonds is 7. The Balaban J connectivity index is 2.53. The molecule has 7 heteroatoms. The van der Waals surface area contributed by atoms with Gasteiger partial charge in [0, 0.05) is 5.41 Å². The fourth-order valence-electron chi connectivity index (χ4n) is 1.81. The summed E-state index contributed by atoms with van der Waals surface area (Å²) >= 11 is 11.7. The first kappa shape index (κ1) is 16.8. The molecule has 0 spiro atoms. The van der Waals surface area contributed by atoms with Gasteiger partial charge < -0.3 is 18.9 Å². The first-order valence-corrected chi connectivity index (χ1v) is 7.09. The van der Waals surface area contributed by atoms with Crippen molar-refractivity contribution in [3.05, 3.63) is 0 Å². The highest BCUT2D eigenvalue weighted by Crippen LogP contribution is 2.37. The maximum Gasteiger partial charge on any atom is 0.509 e. The first-order chi connectivity index (χ1) is 8.89. The van der Waals surface area contributed by atoms with Gasteiger partial charge in [0.2, 0.25) is 0 Å². The largest absolute Gasteiger partial charge is 0.509 e. The van der Waals surface area contributed by atoms with Gasteiger partial charge in [0.15, 0.2) is 6.07 Å². The molecule has 0 aromatic rings. The predicted octanol–water partition coefficient (Wildman–Crippen LogP) is 2.77. The molecular formula is C12H20Cl2O5. The van der Waals surface area contributed by atoms with Gasteiger partial charge in [-0.3, -0.25) is 0 Å². The van der Waals surface area contributed by atoms with Crippen LogP contribution < -0.4 is 0 Å². The van der Waals surface area contributed by atoms with Crippen LogP contribution in [0, 0.1) is 5.41 Å². The molecule has 1 rings (SSSR count). The SMILES string of the molecule is CC(C)OC(COC(=O)OCCl)C(Cl)C1(C)COC1. The van der Waals surface area contributed by atoms with E-state index in [1.165, 1.54) is 0 Å². The van der Waals surface area contributed by atoms with Crippen LogP contribution in [0.25, 0.3) is 0 Å². The highest BCUT2D eigenvalue weighted by atomic mass is 35.5. The molecule has 5 nitrogen and oxygen atoms in total. The number of carbonyl (C=O) groups is 1. The van der Waals surface area contributed by atoms with Gasteiger partial charge in [-0.15, -0.1) is 11.6 Å². The molecule has 0 saturated carbocycles. The number of ether oxygens (including phenoxy) is 4. The minimum atomic E-state index is -0.828. The van der Waals surface area contributed by atoms with Crippen LogP contribution in [0.2, 0.25) is 0 Å². The summed E-state index contributed by atoms with van der Waals surface area (Å²) in [6.07, 6.45) is -1.27. The lowest BCUT2D eigenvalue weighted by Gasteiger charge is -2.44. The van der Waals surface area contributed by atoms with E-state index in [4.69, 9.17) is 37.4 Å². The number of hydrogen-bond donors (Lipinski definition) is 0. The number of carbonyl (C=O) groups excluding carboxylic acids is 1. The van der Waals surface area contributed by atoms with Crippen molar-refractivity contribution in [1.82, 2.24) is 0 Å². The Morgan fingerprint density at radius 1 is 1.37 bits per heavy atom. The minimum Gasteiger partial charge on any atom is -0.431 e.